The van der Waals surface area contributed by atoms with E-state index in [0.29, 0.717) is 11.7 Å². The lowest BCUT2D eigenvalue weighted by molar-refractivity contribution is 0.0489. The molecular weight excluding hydrogens is 182 g/mol. The fraction of sp³-hybridized carbons (Fsp3) is 0.778. The molecule has 0 bridgehead atoms. The molecule has 1 aromatic heterocycles. The van der Waals surface area contributed by atoms with Gasteiger partial charge in [-0.15, -0.1) is 0 Å². The predicted molar refractivity (Wildman–Crippen MR) is 49.4 cm³/mol. The van der Waals surface area contributed by atoms with Crippen LogP contribution >= 0.6 is 0 Å². The Labute approximate surface area is 82.6 Å². The Kier molecular flexibility index (Phi) is 2.52. The summed E-state index contributed by atoms with van der Waals surface area (Å²) >= 11 is 0. The Hall–Kier alpha value is -0.940. The van der Waals surface area contributed by atoms with Crippen LogP contribution in [0.15, 0.2) is 4.52 Å². The van der Waals surface area contributed by atoms with Gasteiger partial charge in [-0.1, -0.05) is 5.16 Å². The van der Waals surface area contributed by atoms with Gasteiger partial charge in [0.05, 0.1) is 12.1 Å². The van der Waals surface area contributed by atoms with E-state index in [4.69, 9.17) is 15.0 Å². The minimum atomic E-state index is -0.213. The fourth-order valence-electron chi connectivity index (χ4n) is 1.56. The third-order valence-electron chi connectivity index (χ3n) is 2.37. The summed E-state index contributed by atoms with van der Waals surface area (Å²) in [5.41, 5.74) is 5.62. The van der Waals surface area contributed by atoms with Gasteiger partial charge in [0.15, 0.2) is 0 Å². The molecule has 14 heavy (non-hydrogen) atoms. The zero-order valence-electron chi connectivity index (χ0n) is 8.43. The first-order valence-electron chi connectivity index (χ1n) is 4.91. The number of hydrogen-bond donors (Lipinski definition) is 1. The van der Waals surface area contributed by atoms with Crippen molar-refractivity contribution < 1.29 is 9.26 Å². The Balaban J connectivity index is 2.09. The summed E-state index contributed by atoms with van der Waals surface area (Å²) in [4.78, 5) is 4.20. The molecular formula is C9H15N3O2. The summed E-state index contributed by atoms with van der Waals surface area (Å²) in [6, 6.07) is -0.213. The van der Waals surface area contributed by atoms with Gasteiger partial charge in [0.25, 0.3) is 0 Å². The Morgan fingerprint density at radius 3 is 2.79 bits per heavy atom. The number of ether oxygens (including phenoxy) is 1. The van der Waals surface area contributed by atoms with Crippen molar-refractivity contribution >= 4 is 0 Å². The molecule has 3 atom stereocenters. The van der Waals surface area contributed by atoms with E-state index in [1.807, 2.05) is 13.8 Å². The van der Waals surface area contributed by atoms with E-state index < -0.39 is 0 Å². The standard InChI is InChI=1S/C9H15N3O2/c1-5-3-4-7(13-5)8-11-9(6(2)10)14-12-8/h5-7H,3-4,10H2,1-2H3/t5?,6-,7?/m0/s1. The average Bonchev–Trinajstić information content (AvgIpc) is 2.70. The monoisotopic (exact) mass is 197 g/mol. The van der Waals surface area contributed by atoms with Gasteiger partial charge in [0.2, 0.25) is 11.7 Å². The van der Waals surface area contributed by atoms with Gasteiger partial charge in [-0.05, 0) is 26.7 Å². The summed E-state index contributed by atoms with van der Waals surface area (Å²) in [5.74, 6) is 1.10. The fourth-order valence-corrected chi connectivity index (χ4v) is 1.56. The molecule has 1 aliphatic rings. The Morgan fingerprint density at radius 1 is 1.50 bits per heavy atom. The van der Waals surface area contributed by atoms with E-state index in [1.54, 1.807) is 0 Å². The molecule has 2 N–H and O–H groups in total. The van der Waals surface area contributed by atoms with Crippen LogP contribution in [0.5, 0.6) is 0 Å². The van der Waals surface area contributed by atoms with Crippen LogP contribution in [0.1, 0.15) is 50.6 Å². The molecule has 2 rings (SSSR count). The Morgan fingerprint density at radius 2 is 2.29 bits per heavy atom. The van der Waals surface area contributed by atoms with E-state index >= 15 is 0 Å². The summed E-state index contributed by atoms with van der Waals surface area (Å²) in [6.07, 6.45) is 2.28. The second-order valence-electron chi connectivity index (χ2n) is 3.79. The number of hydrogen-bond acceptors (Lipinski definition) is 5. The first-order chi connectivity index (χ1) is 6.66. The lowest BCUT2D eigenvalue weighted by atomic mass is 10.2. The normalized spacial score (nSPS) is 29.4. The van der Waals surface area contributed by atoms with Gasteiger partial charge in [0.1, 0.15) is 6.10 Å². The van der Waals surface area contributed by atoms with Crippen molar-refractivity contribution in [2.24, 2.45) is 5.73 Å². The van der Waals surface area contributed by atoms with Gasteiger partial charge in [0, 0.05) is 0 Å². The first kappa shape index (κ1) is 9.61. The molecule has 0 spiro atoms. The summed E-state index contributed by atoms with van der Waals surface area (Å²) in [6.45, 7) is 3.86. The van der Waals surface area contributed by atoms with Gasteiger partial charge in [-0.25, -0.2) is 0 Å². The van der Waals surface area contributed by atoms with Crippen molar-refractivity contribution in [2.75, 3.05) is 0 Å². The molecule has 0 aromatic carbocycles. The molecule has 78 valence electrons. The van der Waals surface area contributed by atoms with Crippen molar-refractivity contribution in [1.82, 2.24) is 10.1 Å². The molecule has 1 aromatic rings. The maximum atomic E-state index is 5.62. The van der Waals surface area contributed by atoms with Crippen molar-refractivity contribution in [1.29, 1.82) is 0 Å². The molecule has 1 saturated heterocycles. The van der Waals surface area contributed by atoms with Crippen LogP contribution < -0.4 is 5.73 Å². The second kappa shape index (κ2) is 3.67. The van der Waals surface area contributed by atoms with E-state index in [0.717, 1.165) is 12.8 Å². The lowest BCUT2D eigenvalue weighted by Crippen LogP contribution is -2.06. The van der Waals surface area contributed by atoms with E-state index in [9.17, 15) is 0 Å². The number of aromatic nitrogens is 2. The maximum absolute atomic E-state index is 5.62. The molecule has 5 heteroatoms. The van der Waals surface area contributed by atoms with Gasteiger partial charge < -0.3 is 15.0 Å². The molecule has 2 unspecified atom stereocenters. The van der Waals surface area contributed by atoms with Crippen LogP contribution in [0.25, 0.3) is 0 Å². The molecule has 2 heterocycles. The van der Waals surface area contributed by atoms with Crippen molar-refractivity contribution in [2.45, 2.75) is 44.9 Å². The predicted octanol–water partition coefficient (Wildman–Crippen LogP) is 1.33. The number of nitrogens with zero attached hydrogens (tertiary/aromatic N) is 2. The summed E-state index contributed by atoms with van der Waals surface area (Å²) in [7, 11) is 0. The highest BCUT2D eigenvalue weighted by Gasteiger charge is 2.27. The Bertz CT molecular complexity index is 311. The molecule has 1 aliphatic heterocycles. The third-order valence-corrected chi connectivity index (χ3v) is 2.37. The van der Waals surface area contributed by atoms with Crippen LogP contribution in [0.2, 0.25) is 0 Å². The quantitative estimate of drug-likeness (QED) is 0.774. The lowest BCUT2D eigenvalue weighted by Gasteiger charge is -2.04. The smallest absolute Gasteiger partial charge is 0.243 e. The largest absolute Gasteiger partial charge is 0.367 e. The number of rotatable bonds is 2. The van der Waals surface area contributed by atoms with E-state index in [-0.39, 0.29) is 18.2 Å². The highest BCUT2D eigenvalue weighted by atomic mass is 16.5. The van der Waals surface area contributed by atoms with Gasteiger partial charge in [-0.2, -0.15) is 4.98 Å². The number of nitrogens with two attached hydrogens (primary N) is 1. The van der Waals surface area contributed by atoms with E-state index in [1.165, 1.54) is 0 Å². The third kappa shape index (κ3) is 1.78. The molecule has 0 amide bonds. The minimum absolute atomic E-state index is 0.0127. The van der Waals surface area contributed by atoms with Crippen LogP contribution in [-0.2, 0) is 4.74 Å². The molecule has 0 saturated carbocycles. The molecule has 5 nitrogen and oxygen atoms in total. The van der Waals surface area contributed by atoms with Gasteiger partial charge in [-0.3, -0.25) is 0 Å². The second-order valence-corrected chi connectivity index (χ2v) is 3.79. The first-order valence-corrected chi connectivity index (χ1v) is 4.91. The summed E-state index contributed by atoms with van der Waals surface area (Å²) in [5, 5.41) is 3.86. The van der Waals surface area contributed by atoms with Crippen molar-refractivity contribution in [3.63, 3.8) is 0 Å². The maximum Gasteiger partial charge on any atom is 0.243 e. The zero-order valence-corrected chi connectivity index (χ0v) is 8.43. The molecule has 0 aliphatic carbocycles. The average molecular weight is 197 g/mol. The minimum Gasteiger partial charge on any atom is -0.367 e. The SMILES string of the molecule is CC1CCC(c2noc([C@H](C)N)n2)O1. The van der Waals surface area contributed by atoms with E-state index in [2.05, 4.69) is 10.1 Å². The van der Waals surface area contributed by atoms with Crippen molar-refractivity contribution in [3.05, 3.63) is 11.7 Å². The zero-order chi connectivity index (χ0) is 10.1. The highest BCUT2D eigenvalue weighted by Crippen LogP contribution is 2.30. The molecule has 1 fully saturated rings. The van der Waals surface area contributed by atoms with Gasteiger partial charge >= 0.3 is 0 Å². The van der Waals surface area contributed by atoms with Crippen LogP contribution in [0.3, 0.4) is 0 Å². The molecule has 0 radical (unpaired) electrons. The van der Waals surface area contributed by atoms with Crippen LogP contribution in [0.4, 0.5) is 0 Å². The van der Waals surface area contributed by atoms with Crippen molar-refractivity contribution in [3.8, 4) is 0 Å². The van der Waals surface area contributed by atoms with Crippen LogP contribution in [0, 0.1) is 0 Å². The topological polar surface area (TPSA) is 74.2 Å². The van der Waals surface area contributed by atoms with Crippen LogP contribution in [-0.4, -0.2) is 16.2 Å². The highest BCUT2D eigenvalue weighted by molar-refractivity contribution is 4.96. The summed E-state index contributed by atoms with van der Waals surface area (Å²) < 4.78 is 10.6.